The summed E-state index contributed by atoms with van der Waals surface area (Å²) in [7, 11) is 0. The number of benzene rings is 4. The van der Waals surface area contributed by atoms with Crippen LogP contribution in [-0.4, -0.2) is 224 Å². The van der Waals surface area contributed by atoms with Crippen molar-refractivity contribution in [2.45, 2.75) is 196 Å². The second kappa shape index (κ2) is 45.6. The Morgan fingerprint density at radius 1 is 0.588 bits per heavy atom. The molecule has 27 N–H and O–H groups in total. The summed E-state index contributed by atoms with van der Waals surface area (Å²) in [6.07, 6.45) is -7.19. The van der Waals surface area contributed by atoms with Crippen LogP contribution in [0, 0.1) is 5.92 Å². The molecule has 0 radical (unpaired) electrons. The molecule has 119 heavy (non-hydrogen) atoms. The van der Waals surface area contributed by atoms with E-state index >= 15 is 28.8 Å². The summed E-state index contributed by atoms with van der Waals surface area (Å²) in [6, 6.07) is 5.89. The fraction of sp³-hybridized carbons (Fsp3) is 0.462. The molecule has 1 saturated heterocycles. The third kappa shape index (κ3) is 30.7. The zero-order valence-electron chi connectivity index (χ0n) is 66.3. The summed E-state index contributed by atoms with van der Waals surface area (Å²) in [4.78, 5) is 252. The molecule has 644 valence electrons. The van der Waals surface area contributed by atoms with Crippen LogP contribution in [0.15, 0.2) is 97.2 Å². The molecule has 1 aliphatic rings. The van der Waals surface area contributed by atoms with E-state index in [1.165, 1.54) is 6.92 Å². The molecule has 5 aromatic rings. The lowest BCUT2D eigenvalue weighted by Crippen LogP contribution is -2.65. The van der Waals surface area contributed by atoms with E-state index in [1.807, 2.05) is 6.07 Å². The predicted molar refractivity (Wildman–Crippen MR) is 431 cm³/mol. The molecule has 0 saturated carbocycles. The number of carbonyl (C=O) groups excluding carboxylic acids is 17. The molecule has 41 heteroatoms. The highest BCUT2D eigenvalue weighted by molar-refractivity contribution is 7.99. The lowest BCUT2D eigenvalue weighted by molar-refractivity contribution is -0.140. The van der Waals surface area contributed by atoms with E-state index in [2.05, 4.69) is 68.8 Å². The molecular weight excluding hydrogens is 1570 g/mol. The number of aromatic amines is 1. The number of hydrogen-bond donors (Lipinski definition) is 21. The number of hydrogen-bond acceptors (Lipinski definition) is 22. The van der Waals surface area contributed by atoms with Crippen LogP contribution in [0.3, 0.4) is 0 Å². The number of carboxylic acids is 1. The van der Waals surface area contributed by atoms with Gasteiger partial charge in [0.25, 0.3) is 0 Å². The first kappa shape index (κ1) is 95.1. The predicted octanol–water partition coefficient (Wildman–Crippen LogP) is -4.89. The quantitative estimate of drug-likeness (QED) is 0.0175. The Morgan fingerprint density at radius 3 is 1.74 bits per heavy atom. The average molecular weight is 1680 g/mol. The smallest absolute Gasteiger partial charge is 0.303 e. The Balaban J connectivity index is 1.46. The molecule has 0 bridgehead atoms. The van der Waals surface area contributed by atoms with E-state index in [4.69, 9.17) is 39.1 Å². The van der Waals surface area contributed by atoms with Crippen molar-refractivity contribution in [3.63, 3.8) is 0 Å². The van der Waals surface area contributed by atoms with Crippen LogP contribution in [-0.2, 0) is 106 Å². The van der Waals surface area contributed by atoms with Crippen LogP contribution in [0.2, 0.25) is 0 Å². The van der Waals surface area contributed by atoms with Gasteiger partial charge in [0.1, 0.15) is 84.4 Å². The van der Waals surface area contributed by atoms with Crippen molar-refractivity contribution in [2.24, 2.45) is 40.3 Å². The summed E-state index contributed by atoms with van der Waals surface area (Å²) in [5, 5.41) is 53.0. The number of primary amides is 5. The number of nitrogens with one attached hydrogen (secondary N) is 13. The van der Waals surface area contributed by atoms with Crippen LogP contribution >= 0.6 is 11.8 Å². The van der Waals surface area contributed by atoms with Crippen molar-refractivity contribution in [3.8, 4) is 5.75 Å². The first-order valence-corrected chi connectivity index (χ1v) is 39.4. The maximum atomic E-state index is 15.7. The highest BCUT2D eigenvalue weighted by atomic mass is 32.2. The Labute approximate surface area is 687 Å². The Bertz CT molecular complexity index is 4540. The van der Waals surface area contributed by atoms with Gasteiger partial charge in [-0.25, -0.2) is 0 Å². The first-order valence-electron chi connectivity index (χ1n) is 38.2. The lowest BCUT2D eigenvalue weighted by atomic mass is 9.88. The van der Waals surface area contributed by atoms with Crippen LogP contribution in [0.1, 0.15) is 116 Å². The molecule has 2 heterocycles. The number of ether oxygens (including phenoxy) is 1. The molecule has 1 aromatic heterocycles. The van der Waals surface area contributed by atoms with Gasteiger partial charge in [-0.3, -0.25) is 86.3 Å². The third-order valence-electron chi connectivity index (χ3n) is 18.9. The van der Waals surface area contributed by atoms with E-state index in [1.54, 1.807) is 105 Å². The third-order valence-corrected chi connectivity index (χ3v) is 20.0. The number of aliphatic hydroxyl groups is 1. The van der Waals surface area contributed by atoms with Gasteiger partial charge >= 0.3 is 5.97 Å². The first-order chi connectivity index (χ1) is 56.2. The fourth-order valence-corrected chi connectivity index (χ4v) is 14.0. The number of rotatable bonds is 39. The number of aliphatic carboxylic acids is 1. The largest absolute Gasteiger partial charge is 0.492 e. The number of para-hydroxylation sites is 1. The van der Waals surface area contributed by atoms with Crippen LogP contribution in [0.5, 0.6) is 5.75 Å². The van der Waals surface area contributed by atoms with Gasteiger partial charge in [-0.05, 0) is 103 Å². The van der Waals surface area contributed by atoms with Gasteiger partial charge in [0.2, 0.25) is 100 Å². The highest BCUT2D eigenvalue weighted by Gasteiger charge is 2.43. The number of aliphatic hydroxyl groups excluding tert-OH is 1. The second-order valence-electron chi connectivity index (χ2n) is 29.4. The summed E-state index contributed by atoms with van der Waals surface area (Å²) >= 11 is 0.907. The topological polar surface area (TPSA) is 673 Å². The van der Waals surface area contributed by atoms with Crippen molar-refractivity contribution in [3.05, 3.63) is 114 Å². The van der Waals surface area contributed by atoms with E-state index < -0.39 is 254 Å². The summed E-state index contributed by atoms with van der Waals surface area (Å²) in [6.45, 7) is 7.06. The summed E-state index contributed by atoms with van der Waals surface area (Å²) in [5.74, 6) is -20.8. The van der Waals surface area contributed by atoms with Crippen molar-refractivity contribution in [1.29, 1.82) is 0 Å². The monoisotopic (exact) mass is 1680 g/mol. The maximum Gasteiger partial charge on any atom is 0.303 e. The number of aromatic nitrogens is 1. The van der Waals surface area contributed by atoms with Crippen LogP contribution in [0.4, 0.5) is 0 Å². The Hall–Kier alpha value is -12.8. The second-order valence-corrected chi connectivity index (χ2v) is 30.5. The highest BCUT2D eigenvalue weighted by Crippen LogP contribution is 2.24. The lowest BCUT2D eigenvalue weighted by Gasteiger charge is -2.35. The number of amides is 17. The van der Waals surface area contributed by atoms with E-state index in [0.29, 0.717) is 38.7 Å². The molecular formula is C78H105N19O21S. The van der Waals surface area contributed by atoms with Crippen molar-refractivity contribution in [1.82, 2.24) is 68.8 Å². The van der Waals surface area contributed by atoms with Gasteiger partial charge in [-0.1, -0.05) is 86.6 Å². The summed E-state index contributed by atoms with van der Waals surface area (Å²) < 4.78 is 5.71. The molecule has 4 aromatic carbocycles. The van der Waals surface area contributed by atoms with Gasteiger partial charge in [0, 0.05) is 74.8 Å². The maximum absolute atomic E-state index is 15.7. The van der Waals surface area contributed by atoms with E-state index in [-0.39, 0.29) is 44.6 Å². The standard InChI is InChI=1S/C78H105N19O21S/c1-39(2)36-78(5,77(117)95-52(22-25-64(104)105)68(108)92-58(35-63(83)103)73(113)89-54(66(84)106)34-62(82)102)97-75(115)56(32-43-14-17-44-10-6-7-11-45(44)30-43)91-71(111)55(31-42-15-18-47(19-16-42)118-28-27-79)90-74(114)59-38-119-29-26-53(86-41(4)99)69(109)87-51(21-24-61(81)101)70(110)96-65(40(3)98)76(116)93-57(33-46-37-85-49-13-9-8-12-48(46)49)72(112)88-50(67(107)94-59)20-23-60(80)100/h6-19,30,37,39-40,50-59,65,85,98H,20-29,31-36,38,79H2,1-5H3,(H2,80,100)(H2,81,101)(H2,82,102)(H2,83,103)(H2,84,106)(H,86,99)(H,87,109)(H,88,112)(H,89,113)(H,90,114)(H,91,111)(H,92,108)(H,93,116)(H,94,107)(H,95,117)(H,96,110)(H,97,115)(H,104,105)/t40-,50+,51+,52+,53+,54+,55+,56+,57+,58+,59+,65+,78+/m1/s1. The minimum Gasteiger partial charge on any atom is -0.492 e. The molecule has 6 rings (SSSR count). The molecule has 1 aliphatic heterocycles. The molecule has 40 nitrogen and oxygen atoms in total. The van der Waals surface area contributed by atoms with Crippen LogP contribution in [0.25, 0.3) is 21.7 Å². The van der Waals surface area contributed by atoms with Gasteiger partial charge < -0.3 is 118 Å². The van der Waals surface area contributed by atoms with E-state index in [0.717, 1.165) is 31.0 Å². The Kier molecular flexibility index (Phi) is 36.5. The number of nitrogens with two attached hydrogens (primary N) is 6. The van der Waals surface area contributed by atoms with Gasteiger partial charge in [0.05, 0.1) is 18.9 Å². The molecule has 0 spiro atoms. The molecule has 1 fully saturated rings. The summed E-state index contributed by atoms with van der Waals surface area (Å²) in [5.41, 5.74) is 32.5. The van der Waals surface area contributed by atoms with Crippen LogP contribution < -0.4 is 103 Å². The number of carbonyl (C=O) groups is 18. The molecule has 0 unspecified atom stereocenters. The number of thioether (sulfide) groups is 1. The number of H-pyrrole nitrogens is 1. The van der Waals surface area contributed by atoms with Gasteiger partial charge in [0.15, 0.2) is 0 Å². The minimum atomic E-state index is -2.12. The number of carboxylic acid groups (broad SMARTS) is 1. The Morgan fingerprint density at radius 2 is 1.13 bits per heavy atom. The molecule has 0 aliphatic carbocycles. The van der Waals surface area contributed by atoms with Crippen molar-refractivity contribution >= 4 is 140 Å². The zero-order chi connectivity index (χ0) is 88.0. The SMILES string of the molecule is CC(=O)N[C@H]1CCSC[C@@H](C(=O)N[C@@H](Cc2ccc(OCCN)cc2)C(=O)N[C@@H](Cc2ccc3ccccc3c2)C(=O)N[C@@](C)(CC(C)C)C(=O)N[C@@H](CCC(=O)O)C(=O)N[C@@H](CC(N)=O)C(=O)N[C@@H](CC(N)=O)C(N)=O)NC(=O)[C@H](CCC(N)=O)NC(=O)[C@H](Cc2c[nH]c3ccccc23)NC(=O)[C@H]([C@@H](C)O)NC(=O)[C@H](CCC(N)=O)NC1=O. The zero-order valence-corrected chi connectivity index (χ0v) is 67.1. The van der Waals surface area contributed by atoms with Crippen molar-refractivity contribution in [2.75, 3.05) is 24.7 Å². The normalized spacial score (nSPS) is 19.0. The van der Waals surface area contributed by atoms with Crippen molar-refractivity contribution < 1.29 is 101 Å². The fourth-order valence-electron chi connectivity index (χ4n) is 13.0. The van der Waals surface area contributed by atoms with Gasteiger partial charge in [-0.2, -0.15) is 11.8 Å². The minimum absolute atomic E-state index is 0.102. The molecule has 17 amide bonds. The van der Waals surface area contributed by atoms with E-state index in [9.17, 15) is 67.7 Å². The average Bonchev–Trinajstić information content (AvgIpc) is 1.21. The number of fused-ring (bicyclic) bond motifs is 2. The molecule has 13 atom stereocenters. The van der Waals surface area contributed by atoms with Gasteiger partial charge in [-0.15, -0.1) is 0 Å².